The molecule has 2 aromatic heterocycles. The maximum Gasteiger partial charge on any atom is 0.137 e. The number of rotatable bonds is 1. The van der Waals surface area contributed by atoms with Gasteiger partial charge in [0.1, 0.15) is 5.65 Å². The van der Waals surface area contributed by atoms with Crippen molar-refractivity contribution in [3.05, 3.63) is 35.8 Å². The molecule has 0 aliphatic heterocycles. The molecule has 0 aliphatic rings. The summed E-state index contributed by atoms with van der Waals surface area (Å²) < 4.78 is 2.02. The zero-order chi connectivity index (χ0) is 9.42. The standard InChI is InChI=1S/C10H11ClN2/c1-7-3-4-13-9(8(2)11)6-12-10(13)5-7/h3-6,8H,1-2H3. The number of hydrogen-bond acceptors (Lipinski definition) is 1. The molecule has 0 amide bonds. The number of imidazole rings is 1. The zero-order valence-electron chi connectivity index (χ0n) is 7.66. The Labute approximate surface area is 82.2 Å². The van der Waals surface area contributed by atoms with Crippen LogP contribution in [0.4, 0.5) is 0 Å². The number of fused-ring (bicyclic) bond motifs is 1. The summed E-state index contributed by atoms with van der Waals surface area (Å²) in [6.07, 6.45) is 3.83. The molecule has 0 saturated carbocycles. The van der Waals surface area contributed by atoms with Crippen LogP contribution in [0, 0.1) is 6.92 Å². The van der Waals surface area contributed by atoms with Gasteiger partial charge in [0.05, 0.1) is 17.3 Å². The fourth-order valence-corrected chi connectivity index (χ4v) is 1.56. The number of aryl methyl sites for hydroxylation is 1. The molecule has 0 fully saturated rings. The summed E-state index contributed by atoms with van der Waals surface area (Å²) in [7, 11) is 0. The van der Waals surface area contributed by atoms with E-state index in [1.165, 1.54) is 5.56 Å². The van der Waals surface area contributed by atoms with E-state index < -0.39 is 0 Å². The monoisotopic (exact) mass is 194 g/mol. The molecule has 0 N–H and O–H groups in total. The quantitative estimate of drug-likeness (QED) is 0.638. The van der Waals surface area contributed by atoms with Crippen LogP contribution in [0.3, 0.4) is 0 Å². The van der Waals surface area contributed by atoms with Crippen LogP contribution in [0.1, 0.15) is 23.6 Å². The molecule has 0 saturated heterocycles. The topological polar surface area (TPSA) is 17.3 Å². The average Bonchev–Trinajstić information content (AvgIpc) is 2.46. The second kappa shape index (κ2) is 3.04. The van der Waals surface area contributed by atoms with Gasteiger partial charge in [-0.3, -0.25) is 0 Å². The van der Waals surface area contributed by atoms with E-state index in [1.54, 1.807) is 0 Å². The summed E-state index contributed by atoms with van der Waals surface area (Å²) in [4.78, 5) is 4.28. The second-order valence-electron chi connectivity index (χ2n) is 3.23. The zero-order valence-corrected chi connectivity index (χ0v) is 8.42. The molecule has 68 valence electrons. The third-order valence-electron chi connectivity index (χ3n) is 2.10. The highest BCUT2D eigenvalue weighted by molar-refractivity contribution is 6.20. The van der Waals surface area contributed by atoms with Crippen LogP contribution >= 0.6 is 11.6 Å². The Kier molecular flexibility index (Phi) is 2.00. The molecule has 13 heavy (non-hydrogen) atoms. The van der Waals surface area contributed by atoms with Crippen molar-refractivity contribution >= 4 is 17.2 Å². The van der Waals surface area contributed by atoms with Gasteiger partial charge in [-0.05, 0) is 31.5 Å². The van der Waals surface area contributed by atoms with Gasteiger partial charge in [0.25, 0.3) is 0 Å². The molecule has 1 atom stereocenters. The van der Waals surface area contributed by atoms with Gasteiger partial charge in [-0.2, -0.15) is 0 Å². The first-order valence-electron chi connectivity index (χ1n) is 4.26. The molecule has 1 unspecified atom stereocenters. The van der Waals surface area contributed by atoms with Crippen LogP contribution in [0.2, 0.25) is 0 Å². The second-order valence-corrected chi connectivity index (χ2v) is 3.89. The molecule has 0 spiro atoms. The van der Waals surface area contributed by atoms with Crippen molar-refractivity contribution < 1.29 is 0 Å². The molecule has 0 aliphatic carbocycles. The average molecular weight is 195 g/mol. The van der Waals surface area contributed by atoms with Crippen LogP contribution < -0.4 is 0 Å². The van der Waals surface area contributed by atoms with Gasteiger partial charge >= 0.3 is 0 Å². The number of pyridine rings is 1. The lowest BCUT2D eigenvalue weighted by Crippen LogP contribution is -1.92. The predicted octanol–water partition coefficient (Wildman–Crippen LogP) is 2.94. The van der Waals surface area contributed by atoms with E-state index in [0.29, 0.717) is 0 Å². The van der Waals surface area contributed by atoms with Gasteiger partial charge in [0, 0.05) is 6.20 Å². The Morgan fingerprint density at radius 2 is 2.31 bits per heavy atom. The van der Waals surface area contributed by atoms with Crippen molar-refractivity contribution in [2.75, 3.05) is 0 Å². The lowest BCUT2D eigenvalue weighted by molar-refractivity contribution is 0.961. The summed E-state index contributed by atoms with van der Waals surface area (Å²) in [5.74, 6) is 0. The van der Waals surface area contributed by atoms with Gasteiger partial charge in [0.2, 0.25) is 0 Å². The highest BCUT2D eigenvalue weighted by Crippen LogP contribution is 2.20. The minimum absolute atomic E-state index is 0.00212. The van der Waals surface area contributed by atoms with E-state index in [9.17, 15) is 0 Å². The van der Waals surface area contributed by atoms with Crippen LogP contribution in [0.5, 0.6) is 0 Å². The molecule has 3 heteroatoms. The molecule has 0 radical (unpaired) electrons. The van der Waals surface area contributed by atoms with E-state index in [4.69, 9.17) is 11.6 Å². The minimum Gasteiger partial charge on any atom is -0.303 e. The van der Waals surface area contributed by atoms with E-state index >= 15 is 0 Å². The third-order valence-corrected chi connectivity index (χ3v) is 2.33. The molecule has 2 rings (SSSR count). The first-order chi connectivity index (χ1) is 6.18. The van der Waals surface area contributed by atoms with Crippen LogP contribution in [0.25, 0.3) is 5.65 Å². The molecular formula is C10H11ClN2. The number of nitrogens with zero attached hydrogens (tertiary/aromatic N) is 2. The number of hydrogen-bond donors (Lipinski definition) is 0. The third kappa shape index (κ3) is 1.42. The van der Waals surface area contributed by atoms with Gasteiger partial charge in [-0.25, -0.2) is 4.98 Å². The van der Waals surface area contributed by atoms with Crippen molar-refractivity contribution in [1.29, 1.82) is 0 Å². The first-order valence-corrected chi connectivity index (χ1v) is 4.70. The van der Waals surface area contributed by atoms with Crippen molar-refractivity contribution in [2.24, 2.45) is 0 Å². The van der Waals surface area contributed by atoms with Crippen LogP contribution in [0.15, 0.2) is 24.5 Å². The normalized spacial score (nSPS) is 13.5. The Morgan fingerprint density at radius 3 is 3.00 bits per heavy atom. The molecule has 2 heterocycles. The summed E-state index contributed by atoms with van der Waals surface area (Å²) in [6, 6.07) is 4.10. The van der Waals surface area contributed by atoms with Crippen LogP contribution in [-0.2, 0) is 0 Å². The van der Waals surface area contributed by atoms with E-state index in [-0.39, 0.29) is 5.38 Å². The maximum atomic E-state index is 6.00. The fraction of sp³-hybridized carbons (Fsp3) is 0.300. The Balaban J connectivity index is 2.69. The predicted molar refractivity (Wildman–Crippen MR) is 54.2 cm³/mol. The van der Waals surface area contributed by atoms with Gasteiger partial charge in [-0.15, -0.1) is 11.6 Å². The fourth-order valence-electron chi connectivity index (χ4n) is 1.40. The Morgan fingerprint density at radius 1 is 1.54 bits per heavy atom. The van der Waals surface area contributed by atoms with Crippen molar-refractivity contribution in [3.8, 4) is 0 Å². The SMILES string of the molecule is Cc1ccn2c(C(C)Cl)cnc2c1. The van der Waals surface area contributed by atoms with E-state index in [2.05, 4.69) is 18.0 Å². The summed E-state index contributed by atoms with van der Waals surface area (Å²) in [5, 5.41) is -0.00212. The summed E-state index contributed by atoms with van der Waals surface area (Å²) in [5.41, 5.74) is 3.21. The molecule has 0 aromatic carbocycles. The molecule has 2 nitrogen and oxygen atoms in total. The lowest BCUT2D eigenvalue weighted by atomic mass is 10.3. The van der Waals surface area contributed by atoms with Crippen LogP contribution in [-0.4, -0.2) is 9.38 Å². The first kappa shape index (κ1) is 8.57. The van der Waals surface area contributed by atoms with Gasteiger partial charge in [0.15, 0.2) is 0 Å². The van der Waals surface area contributed by atoms with E-state index in [1.807, 2.05) is 29.8 Å². The number of aromatic nitrogens is 2. The maximum absolute atomic E-state index is 6.00. The largest absolute Gasteiger partial charge is 0.303 e. The number of alkyl halides is 1. The Bertz CT molecular complexity index is 431. The summed E-state index contributed by atoms with van der Waals surface area (Å²) >= 11 is 6.00. The molecule has 2 aromatic rings. The van der Waals surface area contributed by atoms with Crippen molar-refractivity contribution in [1.82, 2.24) is 9.38 Å². The molecule has 0 bridgehead atoms. The Hall–Kier alpha value is -1.02. The number of halogens is 1. The van der Waals surface area contributed by atoms with E-state index in [0.717, 1.165) is 11.3 Å². The van der Waals surface area contributed by atoms with Crippen molar-refractivity contribution in [2.45, 2.75) is 19.2 Å². The lowest BCUT2D eigenvalue weighted by Gasteiger charge is -2.02. The highest BCUT2D eigenvalue weighted by Gasteiger charge is 2.07. The smallest absolute Gasteiger partial charge is 0.137 e. The molecular weight excluding hydrogens is 184 g/mol. The van der Waals surface area contributed by atoms with Crippen molar-refractivity contribution in [3.63, 3.8) is 0 Å². The van der Waals surface area contributed by atoms with Gasteiger partial charge < -0.3 is 4.40 Å². The highest BCUT2D eigenvalue weighted by atomic mass is 35.5. The summed E-state index contributed by atoms with van der Waals surface area (Å²) in [6.45, 7) is 4.00. The van der Waals surface area contributed by atoms with Gasteiger partial charge in [-0.1, -0.05) is 0 Å². The minimum atomic E-state index is -0.00212.